The zero-order valence-corrected chi connectivity index (χ0v) is 16.2. The van der Waals surface area contributed by atoms with Gasteiger partial charge in [-0.2, -0.15) is 0 Å². The zero-order chi connectivity index (χ0) is 18.1. The molecule has 2 N–H and O–H groups in total. The molecule has 25 heavy (non-hydrogen) atoms. The van der Waals surface area contributed by atoms with Gasteiger partial charge in [0.05, 0.1) is 6.54 Å². The maximum absolute atomic E-state index is 6.01. The van der Waals surface area contributed by atoms with Crippen LogP contribution in [0.3, 0.4) is 0 Å². The fraction of sp³-hybridized carbons (Fsp3) is 0.650. The maximum atomic E-state index is 6.01. The average molecular weight is 347 g/mol. The lowest BCUT2D eigenvalue weighted by Gasteiger charge is -2.32. The Kier molecular flexibility index (Phi) is 8.06. The minimum absolute atomic E-state index is 0.0740. The van der Waals surface area contributed by atoms with E-state index < -0.39 is 0 Å². The third-order valence-corrected chi connectivity index (χ3v) is 4.81. The van der Waals surface area contributed by atoms with Gasteiger partial charge in [0, 0.05) is 20.1 Å². The van der Waals surface area contributed by atoms with Crippen LogP contribution < -0.4 is 15.4 Å². The summed E-state index contributed by atoms with van der Waals surface area (Å²) in [6, 6.07) is 8.12. The SMILES string of the molecule is CCN1CCCC(CNC(=NC)NCC(C)Oc2ccccc2C)C1. The summed E-state index contributed by atoms with van der Waals surface area (Å²) in [6.07, 6.45) is 2.67. The van der Waals surface area contributed by atoms with Crippen LogP contribution in [0.1, 0.15) is 32.3 Å². The Morgan fingerprint density at radius 3 is 2.88 bits per heavy atom. The second kappa shape index (κ2) is 10.3. The van der Waals surface area contributed by atoms with Gasteiger partial charge in [0.25, 0.3) is 0 Å². The van der Waals surface area contributed by atoms with Crippen molar-refractivity contribution in [2.75, 3.05) is 39.8 Å². The van der Waals surface area contributed by atoms with Crippen molar-refractivity contribution >= 4 is 5.96 Å². The summed E-state index contributed by atoms with van der Waals surface area (Å²) < 4.78 is 6.01. The quantitative estimate of drug-likeness (QED) is 0.589. The van der Waals surface area contributed by atoms with Crippen LogP contribution in [0.25, 0.3) is 0 Å². The molecule has 2 unspecified atom stereocenters. The Hall–Kier alpha value is -1.75. The Morgan fingerprint density at radius 2 is 2.16 bits per heavy atom. The summed E-state index contributed by atoms with van der Waals surface area (Å²) >= 11 is 0. The van der Waals surface area contributed by atoms with Gasteiger partial charge in [-0.3, -0.25) is 4.99 Å². The van der Waals surface area contributed by atoms with Crippen molar-refractivity contribution in [3.8, 4) is 5.75 Å². The molecule has 0 aromatic heterocycles. The number of hydrogen-bond donors (Lipinski definition) is 2. The van der Waals surface area contributed by atoms with Crippen molar-refractivity contribution in [3.63, 3.8) is 0 Å². The van der Waals surface area contributed by atoms with Crippen LogP contribution in [0.2, 0.25) is 0 Å². The number of likely N-dealkylation sites (tertiary alicyclic amines) is 1. The molecule has 2 atom stereocenters. The Labute approximate surface area is 152 Å². The largest absolute Gasteiger partial charge is 0.489 e. The summed E-state index contributed by atoms with van der Waals surface area (Å²) in [7, 11) is 1.82. The summed E-state index contributed by atoms with van der Waals surface area (Å²) in [5, 5.41) is 6.85. The molecule has 5 heteroatoms. The molecule has 1 aliphatic rings. The van der Waals surface area contributed by atoms with Crippen molar-refractivity contribution < 1.29 is 4.74 Å². The van der Waals surface area contributed by atoms with E-state index in [9.17, 15) is 0 Å². The molecule has 1 aliphatic heterocycles. The number of para-hydroxylation sites is 1. The lowest BCUT2D eigenvalue weighted by atomic mass is 9.98. The lowest BCUT2D eigenvalue weighted by molar-refractivity contribution is 0.183. The van der Waals surface area contributed by atoms with Gasteiger partial charge in [-0.1, -0.05) is 25.1 Å². The number of piperidine rings is 1. The molecule has 0 spiro atoms. The molecule has 1 aromatic carbocycles. The number of aryl methyl sites for hydroxylation is 1. The number of benzene rings is 1. The van der Waals surface area contributed by atoms with Crippen molar-refractivity contribution in [3.05, 3.63) is 29.8 Å². The maximum Gasteiger partial charge on any atom is 0.191 e. The van der Waals surface area contributed by atoms with Crippen LogP contribution in [-0.2, 0) is 0 Å². The van der Waals surface area contributed by atoms with Crippen molar-refractivity contribution in [2.24, 2.45) is 10.9 Å². The summed E-state index contributed by atoms with van der Waals surface area (Å²) in [5.41, 5.74) is 1.16. The number of guanidine groups is 1. The minimum Gasteiger partial charge on any atom is -0.489 e. The fourth-order valence-electron chi connectivity index (χ4n) is 3.25. The number of ether oxygens (including phenoxy) is 1. The number of nitrogens with one attached hydrogen (secondary N) is 2. The average Bonchev–Trinajstić information content (AvgIpc) is 2.64. The van der Waals surface area contributed by atoms with Gasteiger partial charge in [-0.25, -0.2) is 0 Å². The highest BCUT2D eigenvalue weighted by molar-refractivity contribution is 5.79. The third kappa shape index (κ3) is 6.58. The number of nitrogens with zero attached hydrogens (tertiary/aromatic N) is 2. The van der Waals surface area contributed by atoms with Gasteiger partial charge in [0.15, 0.2) is 5.96 Å². The molecule has 1 aromatic rings. The topological polar surface area (TPSA) is 48.9 Å². The first-order chi connectivity index (χ1) is 12.1. The first kappa shape index (κ1) is 19.6. The molecule has 1 fully saturated rings. The van der Waals surface area contributed by atoms with E-state index >= 15 is 0 Å². The monoisotopic (exact) mass is 346 g/mol. The van der Waals surface area contributed by atoms with Gasteiger partial charge in [0.2, 0.25) is 0 Å². The zero-order valence-electron chi connectivity index (χ0n) is 16.2. The van der Waals surface area contributed by atoms with E-state index in [1.807, 2.05) is 25.2 Å². The normalized spacial score (nSPS) is 20.2. The van der Waals surface area contributed by atoms with Gasteiger partial charge < -0.3 is 20.3 Å². The molecular formula is C20H34N4O. The van der Waals surface area contributed by atoms with E-state index in [0.717, 1.165) is 36.9 Å². The Morgan fingerprint density at radius 1 is 1.36 bits per heavy atom. The van der Waals surface area contributed by atoms with Gasteiger partial charge in [-0.15, -0.1) is 0 Å². The Bertz CT molecular complexity index is 546. The smallest absolute Gasteiger partial charge is 0.191 e. The molecule has 140 valence electrons. The number of hydrogen-bond acceptors (Lipinski definition) is 3. The second-order valence-electron chi connectivity index (χ2n) is 6.93. The lowest BCUT2D eigenvalue weighted by Crippen LogP contribution is -2.46. The van der Waals surface area contributed by atoms with Crippen molar-refractivity contribution in [1.82, 2.24) is 15.5 Å². The summed E-state index contributed by atoms with van der Waals surface area (Å²) in [6.45, 7) is 11.7. The van der Waals surface area contributed by atoms with Crippen LogP contribution in [0.5, 0.6) is 5.75 Å². The standard InChI is InChI=1S/C20H34N4O/c1-5-24-12-8-10-18(15-24)14-23-20(21-4)22-13-17(3)25-19-11-7-6-9-16(19)2/h6-7,9,11,17-18H,5,8,10,12-15H2,1-4H3,(H2,21,22,23). The molecule has 1 saturated heterocycles. The molecule has 0 saturated carbocycles. The van der Waals surface area contributed by atoms with E-state index in [4.69, 9.17) is 4.74 Å². The van der Waals surface area contributed by atoms with Crippen LogP contribution in [0.15, 0.2) is 29.3 Å². The second-order valence-corrected chi connectivity index (χ2v) is 6.93. The molecule has 0 radical (unpaired) electrons. The Balaban J connectivity index is 1.72. The molecule has 0 amide bonds. The molecule has 1 heterocycles. The van der Waals surface area contributed by atoms with Crippen molar-refractivity contribution in [1.29, 1.82) is 0 Å². The molecule has 5 nitrogen and oxygen atoms in total. The molecule has 0 aliphatic carbocycles. The van der Waals surface area contributed by atoms with Gasteiger partial charge >= 0.3 is 0 Å². The van der Waals surface area contributed by atoms with E-state index in [-0.39, 0.29) is 6.10 Å². The van der Waals surface area contributed by atoms with Gasteiger partial charge in [0.1, 0.15) is 11.9 Å². The highest BCUT2D eigenvalue weighted by Crippen LogP contribution is 2.17. The van der Waals surface area contributed by atoms with Crippen molar-refractivity contribution in [2.45, 2.75) is 39.7 Å². The molecule has 2 rings (SSSR count). The van der Waals surface area contributed by atoms with E-state index in [1.54, 1.807) is 0 Å². The third-order valence-electron chi connectivity index (χ3n) is 4.81. The summed E-state index contributed by atoms with van der Waals surface area (Å²) in [4.78, 5) is 6.87. The highest BCUT2D eigenvalue weighted by atomic mass is 16.5. The predicted molar refractivity (Wildman–Crippen MR) is 105 cm³/mol. The number of aliphatic imine (C=N–C) groups is 1. The molecule has 0 bridgehead atoms. The number of rotatable bonds is 7. The van der Waals surface area contributed by atoms with Crippen LogP contribution >= 0.6 is 0 Å². The van der Waals surface area contributed by atoms with Crippen LogP contribution in [0, 0.1) is 12.8 Å². The van der Waals surface area contributed by atoms with Crippen LogP contribution in [-0.4, -0.2) is 56.7 Å². The van der Waals surface area contributed by atoms with Crippen LogP contribution in [0.4, 0.5) is 0 Å². The first-order valence-corrected chi connectivity index (χ1v) is 9.51. The summed E-state index contributed by atoms with van der Waals surface area (Å²) in [5.74, 6) is 2.50. The van der Waals surface area contributed by atoms with Gasteiger partial charge in [-0.05, 0) is 57.3 Å². The highest BCUT2D eigenvalue weighted by Gasteiger charge is 2.18. The van der Waals surface area contributed by atoms with E-state index in [2.05, 4.69) is 47.4 Å². The minimum atomic E-state index is 0.0740. The first-order valence-electron chi connectivity index (χ1n) is 9.51. The predicted octanol–water partition coefficient (Wildman–Crippen LogP) is 2.66. The van der Waals surface area contributed by atoms with E-state index in [1.165, 1.54) is 25.9 Å². The molecular weight excluding hydrogens is 312 g/mol. The fourth-order valence-corrected chi connectivity index (χ4v) is 3.25. The van der Waals surface area contributed by atoms with E-state index in [0.29, 0.717) is 5.92 Å².